The topological polar surface area (TPSA) is 52.6 Å². The smallest absolute Gasteiger partial charge is 0.420 e. The van der Waals surface area contributed by atoms with Crippen LogP contribution in [-0.2, 0) is 4.57 Å². The van der Waals surface area contributed by atoms with E-state index in [0.717, 1.165) is 6.42 Å². The molecule has 1 unspecified atom stereocenters. The number of hydrogen-bond acceptors (Lipinski definition) is 4. The molecule has 0 heterocycles. The molecule has 0 spiro atoms. The fraction of sp³-hybridized carbons (Fsp3) is 0.588. The first-order valence-electron chi connectivity index (χ1n) is 7.42. The van der Waals surface area contributed by atoms with Crippen molar-refractivity contribution in [2.45, 2.75) is 34.1 Å². The number of carbonyl (C=O) groups is 1. The molecule has 122 valence electrons. The SMILES string of the molecule is COc1cccc(OC)c1C(=O)[P+](=O)CC(C)(C)CC(C)C. The molecule has 1 aromatic carbocycles. The summed E-state index contributed by atoms with van der Waals surface area (Å²) in [5, 5.41) is 0. The molecule has 0 radical (unpaired) electrons. The summed E-state index contributed by atoms with van der Waals surface area (Å²) in [7, 11) is 0.945. The first-order valence-corrected chi connectivity index (χ1v) is 8.86. The molecule has 0 fully saturated rings. The van der Waals surface area contributed by atoms with Crippen molar-refractivity contribution in [3.63, 3.8) is 0 Å². The maximum absolute atomic E-state index is 12.6. The Morgan fingerprint density at radius 1 is 1.18 bits per heavy atom. The Labute approximate surface area is 134 Å². The quantitative estimate of drug-likeness (QED) is 0.648. The van der Waals surface area contributed by atoms with Crippen LogP contribution in [0.25, 0.3) is 0 Å². The Balaban J connectivity index is 3.04. The van der Waals surface area contributed by atoms with Crippen molar-refractivity contribution in [2.75, 3.05) is 20.4 Å². The normalized spacial score (nSPS) is 12.2. The van der Waals surface area contributed by atoms with Crippen LogP contribution in [0.1, 0.15) is 44.5 Å². The van der Waals surface area contributed by atoms with E-state index < -0.39 is 13.3 Å². The summed E-state index contributed by atoms with van der Waals surface area (Å²) in [6.07, 6.45) is 1.28. The number of ether oxygens (including phenoxy) is 2. The molecule has 0 N–H and O–H groups in total. The van der Waals surface area contributed by atoms with Crippen LogP contribution < -0.4 is 9.47 Å². The van der Waals surface area contributed by atoms with E-state index in [2.05, 4.69) is 13.8 Å². The Hall–Kier alpha value is -1.41. The van der Waals surface area contributed by atoms with E-state index in [9.17, 15) is 9.36 Å². The van der Waals surface area contributed by atoms with Gasteiger partial charge in [0.2, 0.25) is 0 Å². The van der Waals surface area contributed by atoms with E-state index in [1.165, 1.54) is 14.2 Å². The maximum atomic E-state index is 12.6. The minimum absolute atomic E-state index is 0.146. The lowest BCUT2D eigenvalue weighted by Crippen LogP contribution is -2.19. The number of rotatable bonds is 8. The fourth-order valence-corrected chi connectivity index (χ4v) is 4.34. The highest BCUT2D eigenvalue weighted by atomic mass is 31.1. The van der Waals surface area contributed by atoms with Gasteiger partial charge in [0.05, 0.1) is 14.2 Å². The molecule has 5 heteroatoms. The summed E-state index contributed by atoms with van der Waals surface area (Å²) >= 11 is 0. The van der Waals surface area contributed by atoms with Gasteiger partial charge in [0.1, 0.15) is 11.5 Å². The van der Waals surface area contributed by atoms with Gasteiger partial charge in [0, 0.05) is 5.41 Å². The van der Waals surface area contributed by atoms with Crippen LogP contribution in [0.3, 0.4) is 0 Å². The van der Waals surface area contributed by atoms with Gasteiger partial charge in [-0.05, 0) is 24.5 Å². The van der Waals surface area contributed by atoms with Gasteiger partial charge in [-0.15, -0.1) is 0 Å². The van der Waals surface area contributed by atoms with Gasteiger partial charge in [-0.25, -0.2) is 4.79 Å². The highest BCUT2D eigenvalue weighted by Crippen LogP contribution is 2.42. The van der Waals surface area contributed by atoms with Gasteiger partial charge in [0.15, 0.2) is 11.7 Å². The third kappa shape index (κ3) is 4.81. The first kappa shape index (κ1) is 18.6. The molecule has 0 bridgehead atoms. The molecule has 0 aromatic heterocycles. The molecule has 0 saturated heterocycles. The molecule has 0 aliphatic heterocycles. The zero-order chi connectivity index (χ0) is 16.9. The molecule has 0 aliphatic rings. The molecule has 0 saturated carbocycles. The van der Waals surface area contributed by atoms with Gasteiger partial charge in [-0.3, -0.25) is 0 Å². The summed E-state index contributed by atoms with van der Waals surface area (Å²) in [5.41, 5.74) is -0.276. The summed E-state index contributed by atoms with van der Waals surface area (Å²) in [6, 6.07) is 5.10. The number of methoxy groups -OCH3 is 2. The van der Waals surface area contributed by atoms with Crippen LogP contribution in [0.4, 0.5) is 0 Å². The van der Waals surface area contributed by atoms with Gasteiger partial charge < -0.3 is 9.47 Å². The predicted molar refractivity (Wildman–Crippen MR) is 89.6 cm³/mol. The first-order chi connectivity index (χ1) is 10.2. The standard InChI is InChI=1S/C17H26O4P/c1-12(2)10-17(3,4)11-22(19)16(18)15-13(20-5)8-7-9-14(15)21-6/h7-9,12H,10-11H2,1-6H3/q+1. The van der Waals surface area contributed by atoms with Gasteiger partial charge >= 0.3 is 13.3 Å². The summed E-state index contributed by atoms with van der Waals surface area (Å²) in [6.45, 7) is 8.35. The second-order valence-corrected chi connectivity index (χ2v) is 8.12. The van der Waals surface area contributed by atoms with Crippen molar-refractivity contribution < 1.29 is 18.8 Å². The lowest BCUT2D eigenvalue weighted by atomic mass is 9.86. The lowest BCUT2D eigenvalue weighted by molar-refractivity contribution is 0.107. The average molecular weight is 325 g/mol. The van der Waals surface area contributed by atoms with Crippen LogP contribution in [-0.4, -0.2) is 25.9 Å². The van der Waals surface area contributed by atoms with Crippen molar-refractivity contribution >= 4 is 13.3 Å². The maximum Gasteiger partial charge on any atom is 0.420 e. The van der Waals surface area contributed by atoms with E-state index in [-0.39, 0.29) is 11.0 Å². The minimum Gasteiger partial charge on any atom is -0.496 e. The second-order valence-electron chi connectivity index (χ2n) is 6.64. The van der Waals surface area contributed by atoms with Crippen LogP contribution >= 0.6 is 7.80 Å². The Kier molecular flexibility index (Phi) is 6.55. The molecule has 0 amide bonds. The van der Waals surface area contributed by atoms with Gasteiger partial charge in [-0.2, -0.15) is 0 Å². The second kappa shape index (κ2) is 7.73. The van der Waals surface area contributed by atoms with Gasteiger partial charge in [-0.1, -0.05) is 38.3 Å². The molecule has 4 nitrogen and oxygen atoms in total. The van der Waals surface area contributed by atoms with Crippen molar-refractivity contribution in [2.24, 2.45) is 11.3 Å². The molecule has 1 rings (SSSR count). The van der Waals surface area contributed by atoms with Crippen LogP contribution in [0.5, 0.6) is 11.5 Å². The zero-order valence-corrected chi connectivity index (χ0v) is 15.2. The summed E-state index contributed by atoms with van der Waals surface area (Å²) < 4.78 is 23.0. The van der Waals surface area contributed by atoms with E-state index >= 15 is 0 Å². The molecule has 22 heavy (non-hydrogen) atoms. The molecular weight excluding hydrogens is 299 g/mol. The summed E-state index contributed by atoms with van der Waals surface area (Å²) in [4.78, 5) is 12.6. The molecule has 1 atom stereocenters. The van der Waals surface area contributed by atoms with Crippen LogP contribution in [0, 0.1) is 11.3 Å². The lowest BCUT2D eigenvalue weighted by Gasteiger charge is -2.21. The third-order valence-corrected chi connectivity index (χ3v) is 5.22. The highest BCUT2D eigenvalue weighted by Gasteiger charge is 2.40. The molecule has 0 aliphatic carbocycles. The van der Waals surface area contributed by atoms with Gasteiger partial charge in [0.25, 0.3) is 0 Å². The van der Waals surface area contributed by atoms with E-state index in [4.69, 9.17) is 9.47 Å². The number of carbonyl (C=O) groups excluding carboxylic acids is 1. The van der Waals surface area contributed by atoms with Crippen molar-refractivity contribution in [3.05, 3.63) is 23.8 Å². The Morgan fingerprint density at radius 2 is 1.68 bits per heavy atom. The van der Waals surface area contributed by atoms with Crippen molar-refractivity contribution in [3.8, 4) is 11.5 Å². The van der Waals surface area contributed by atoms with E-state index in [1.54, 1.807) is 18.2 Å². The molecular formula is C17H26O4P+. The van der Waals surface area contributed by atoms with E-state index in [0.29, 0.717) is 23.6 Å². The monoisotopic (exact) mass is 325 g/mol. The Morgan fingerprint density at radius 3 is 2.09 bits per heavy atom. The number of benzene rings is 1. The fourth-order valence-electron chi connectivity index (χ4n) is 2.82. The van der Waals surface area contributed by atoms with E-state index in [1.807, 2.05) is 13.8 Å². The molecule has 1 aromatic rings. The van der Waals surface area contributed by atoms with Crippen LogP contribution in [0.15, 0.2) is 18.2 Å². The average Bonchev–Trinajstić information content (AvgIpc) is 2.43. The predicted octanol–water partition coefficient (Wildman–Crippen LogP) is 4.74. The zero-order valence-electron chi connectivity index (χ0n) is 14.3. The largest absolute Gasteiger partial charge is 0.496 e. The van der Waals surface area contributed by atoms with Crippen molar-refractivity contribution in [1.82, 2.24) is 0 Å². The number of hydrogen-bond donors (Lipinski definition) is 0. The van der Waals surface area contributed by atoms with Crippen molar-refractivity contribution in [1.29, 1.82) is 0 Å². The summed E-state index contributed by atoms with van der Waals surface area (Å²) in [5.74, 6) is 1.29. The minimum atomic E-state index is -2.03. The third-order valence-electron chi connectivity index (χ3n) is 3.40. The Bertz CT molecular complexity index is 527. The highest BCUT2D eigenvalue weighted by molar-refractivity contribution is 7.64. The van der Waals surface area contributed by atoms with Crippen LogP contribution in [0.2, 0.25) is 0 Å².